The standard InChI is InChI=1S/C25H35N7O/c1-29-12-14-31(15-13-29)21-7-5-19(6-8-21)20-4-3-11-32(17-20)25-28-23(16-24(33)30(25)2)22-9-10-26-18-27-22/h5-7,9-10,16,18,20-21,24,33H,3-4,8,11-15,17H2,1-2H3. The number of aliphatic hydroxyl groups excluding tert-OH is 1. The summed E-state index contributed by atoms with van der Waals surface area (Å²) < 4.78 is 0. The largest absolute Gasteiger partial charge is 0.370 e. The first-order valence-electron chi connectivity index (χ1n) is 12.1. The molecule has 0 radical (unpaired) electrons. The van der Waals surface area contributed by atoms with E-state index in [9.17, 15) is 5.11 Å². The van der Waals surface area contributed by atoms with Gasteiger partial charge in [-0.05, 0) is 44.0 Å². The lowest BCUT2D eigenvalue weighted by molar-refractivity contribution is 0.0966. The highest BCUT2D eigenvalue weighted by Gasteiger charge is 2.31. The van der Waals surface area contributed by atoms with E-state index < -0.39 is 6.23 Å². The van der Waals surface area contributed by atoms with Gasteiger partial charge < -0.3 is 19.8 Å². The van der Waals surface area contributed by atoms with E-state index in [1.54, 1.807) is 12.3 Å². The molecular weight excluding hydrogens is 414 g/mol. The van der Waals surface area contributed by atoms with Crippen LogP contribution >= 0.6 is 0 Å². The maximum absolute atomic E-state index is 10.7. The second kappa shape index (κ2) is 9.75. The molecule has 8 nitrogen and oxygen atoms in total. The summed E-state index contributed by atoms with van der Waals surface area (Å²) in [6.45, 7) is 6.49. The minimum Gasteiger partial charge on any atom is -0.370 e. The molecular formula is C25H35N7O. The first-order chi connectivity index (χ1) is 16.1. The normalized spacial score (nSPS) is 29.5. The van der Waals surface area contributed by atoms with Crippen molar-refractivity contribution in [2.75, 3.05) is 53.4 Å². The zero-order chi connectivity index (χ0) is 22.8. The van der Waals surface area contributed by atoms with Gasteiger partial charge in [0.25, 0.3) is 0 Å². The van der Waals surface area contributed by atoms with Crippen LogP contribution in [0.5, 0.6) is 0 Å². The highest BCUT2D eigenvalue weighted by Crippen LogP contribution is 2.30. The second-order valence-electron chi connectivity index (χ2n) is 9.57. The Balaban J connectivity index is 1.27. The van der Waals surface area contributed by atoms with Crippen LogP contribution in [0.3, 0.4) is 0 Å². The molecule has 1 N–H and O–H groups in total. The molecule has 2 saturated heterocycles. The number of piperazine rings is 1. The molecule has 2 fully saturated rings. The number of likely N-dealkylation sites (N-methyl/N-ethyl adjacent to an activating group) is 2. The van der Waals surface area contributed by atoms with Crippen LogP contribution in [0.15, 0.2) is 53.5 Å². The van der Waals surface area contributed by atoms with Crippen LogP contribution in [-0.4, -0.2) is 106 Å². The number of guanidine groups is 1. The Morgan fingerprint density at radius 2 is 1.94 bits per heavy atom. The first kappa shape index (κ1) is 22.3. The maximum atomic E-state index is 10.7. The average Bonchev–Trinajstić information content (AvgIpc) is 2.87. The fourth-order valence-corrected chi connectivity index (χ4v) is 5.26. The molecule has 1 aliphatic carbocycles. The van der Waals surface area contributed by atoms with Gasteiger partial charge in [0.15, 0.2) is 6.23 Å². The van der Waals surface area contributed by atoms with Gasteiger partial charge in [-0.25, -0.2) is 15.0 Å². The summed E-state index contributed by atoms with van der Waals surface area (Å²) in [5.74, 6) is 1.31. The molecule has 1 aromatic rings. The Labute approximate surface area is 196 Å². The van der Waals surface area contributed by atoms with E-state index in [0.717, 1.165) is 63.8 Å². The molecule has 3 atom stereocenters. The van der Waals surface area contributed by atoms with Crippen molar-refractivity contribution in [3.05, 3.63) is 54.2 Å². The van der Waals surface area contributed by atoms with Crippen molar-refractivity contribution < 1.29 is 5.11 Å². The number of allylic oxidation sites excluding steroid dienone is 1. The smallest absolute Gasteiger partial charge is 0.203 e. The number of aliphatic imine (C=N–C) groups is 1. The fraction of sp³-hybridized carbons (Fsp3) is 0.560. The molecule has 0 spiro atoms. The third-order valence-electron chi connectivity index (χ3n) is 7.37. The highest BCUT2D eigenvalue weighted by molar-refractivity contribution is 5.88. The van der Waals surface area contributed by atoms with Gasteiger partial charge >= 0.3 is 0 Å². The van der Waals surface area contributed by atoms with Crippen LogP contribution in [0.1, 0.15) is 25.0 Å². The minimum absolute atomic E-state index is 0.491. The van der Waals surface area contributed by atoms with Crippen molar-refractivity contribution in [3.8, 4) is 0 Å². The summed E-state index contributed by atoms with van der Waals surface area (Å²) in [4.78, 5) is 22.4. The Morgan fingerprint density at radius 3 is 2.67 bits per heavy atom. The quantitative estimate of drug-likeness (QED) is 0.752. The molecule has 4 heterocycles. The molecule has 4 aliphatic rings. The van der Waals surface area contributed by atoms with Crippen molar-refractivity contribution in [3.63, 3.8) is 0 Å². The third-order valence-corrected chi connectivity index (χ3v) is 7.37. The number of likely N-dealkylation sites (tertiary alicyclic amines) is 1. The van der Waals surface area contributed by atoms with Gasteiger partial charge in [0.1, 0.15) is 6.33 Å². The lowest BCUT2D eigenvalue weighted by atomic mass is 9.86. The van der Waals surface area contributed by atoms with Crippen molar-refractivity contribution in [2.24, 2.45) is 10.9 Å². The zero-order valence-corrected chi connectivity index (χ0v) is 19.7. The van der Waals surface area contributed by atoms with E-state index in [4.69, 9.17) is 4.99 Å². The summed E-state index contributed by atoms with van der Waals surface area (Å²) in [5.41, 5.74) is 2.89. The van der Waals surface area contributed by atoms with E-state index in [2.05, 4.69) is 49.9 Å². The summed E-state index contributed by atoms with van der Waals surface area (Å²) in [5, 5.41) is 10.7. The van der Waals surface area contributed by atoms with Crippen LogP contribution in [-0.2, 0) is 0 Å². The number of hydrogen-bond donors (Lipinski definition) is 1. The monoisotopic (exact) mass is 449 g/mol. The Hall–Kier alpha value is -2.55. The van der Waals surface area contributed by atoms with E-state index in [1.165, 1.54) is 18.3 Å². The number of nitrogens with zero attached hydrogens (tertiary/aromatic N) is 7. The fourth-order valence-electron chi connectivity index (χ4n) is 5.26. The average molecular weight is 450 g/mol. The van der Waals surface area contributed by atoms with E-state index in [0.29, 0.717) is 17.7 Å². The van der Waals surface area contributed by atoms with Gasteiger partial charge in [-0.1, -0.05) is 18.2 Å². The van der Waals surface area contributed by atoms with Crippen molar-refractivity contribution in [1.82, 2.24) is 29.6 Å². The van der Waals surface area contributed by atoms with Crippen molar-refractivity contribution in [2.45, 2.75) is 31.5 Å². The number of rotatable bonds is 3. The molecule has 3 aliphatic heterocycles. The zero-order valence-electron chi connectivity index (χ0n) is 19.7. The van der Waals surface area contributed by atoms with Crippen molar-refractivity contribution >= 4 is 11.7 Å². The number of piperidine rings is 1. The Kier molecular flexibility index (Phi) is 6.57. The van der Waals surface area contributed by atoms with Gasteiger partial charge in [0.2, 0.25) is 5.96 Å². The predicted octanol–water partition coefficient (Wildman–Crippen LogP) is 1.65. The van der Waals surface area contributed by atoms with Gasteiger partial charge in [-0.15, -0.1) is 0 Å². The third kappa shape index (κ3) is 4.88. The number of aliphatic hydroxyl groups is 1. The number of aromatic nitrogens is 2. The van der Waals surface area contributed by atoms with Crippen LogP contribution in [0.25, 0.3) is 5.70 Å². The molecule has 5 rings (SSSR count). The molecule has 33 heavy (non-hydrogen) atoms. The van der Waals surface area contributed by atoms with Gasteiger partial charge in [0, 0.05) is 64.5 Å². The maximum Gasteiger partial charge on any atom is 0.203 e. The van der Waals surface area contributed by atoms with Gasteiger partial charge in [-0.3, -0.25) is 4.90 Å². The summed E-state index contributed by atoms with van der Waals surface area (Å²) in [6, 6.07) is 2.37. The SMILES string of the molecule is CN1CCN(C2C=CC(C3CCCN(C4=NC(c5ccncn5)=CC(O)N4C)C3)=CC2)CC1. The van der Waals surface area contributed by atoms with Gasteiger partial charge in [-0.2, -0.15) is 0 Å². The molecule has 1 aromatic heterocycles. The molecule has 0 saturated carbocycles. The van der Waals surface area contributed by atoms with Crippen LogP contribution in [0.2, 0.25) is 0 Å². The van der Waals surface area contributed by atoms with Crippen LogP contribution in [0.4, 0.5) is 0 Å². The molecule has 0 aromatic carbocycles. The van der Waals surface area contributed by atoms with E-state index >= 15 is 0 Å². The molecule has 3 unspecified atom stereocenters. The lowest BCUT2D eigenvalue weighted by Crippen LogP contribution is -2.51. The van der Waals surface area contributed by atoms with E-state index in [-0.39, 0.29) is 0 Å². The minimum atomic E-state index is -0.721. The summed E-state index contributed by atoms with van der Waals surface area (Å²) in [6.07, 6.45) is 14.9. The lowest BCUT2D eigenvalue weighted by Gasteiger charge is -2.41. The Bertz CT molecular complexity index is 949. The van der Waals surface area contributed by atoms with Crippen LogP contribution in [0, 0.1) is 5.92 Å². The number of hydrogen-bond acceptors (Lipinski definition) is 8. The Morgan fingerprint density at radius 1 is 1.09 bits per heavy atom. The van der Waals surface area contributed by atoms with Gasteiger partial charge in [0.05, 0.1) is 11.4 Å². The molecule has 0 amide bonds. The van der Waals surface area contributed by atoms with Crippen molar-refractivity contribution in [1.29, 1.82) is 0 Å². The second-order valence-corrected chi connectivity index (χ2v) is 9.57. The summed E-state index contributed by atoms with van der Waals surface area (Å²) in [7, 11) is 4.11. The summed E-state index contributed by atoms with van der Waals surface area (Å²) >= 11 is 0. The van der Waals surface area contributed by atoms with E-state index in [1.807, 2.05) is 18.0 Å². The highest BCUT2D eigenvalue weighted by atomic mass is 16.3. The first-order valence-corrected chi connectivity index (χ1v) is 12.1. The topological polar surface area (TPSA) is 71.3 Å². The molecule has 8 heteroatoms. The van der Waals surface area contributed by atoms with Crippen LogP contribution < -0.4 is 0 Å². The predicted molar refractivity (Wildman–Crippen MR) is 130 cm³/mol. The molecule has 0 bridgehead atoms. The molecule has 176 valence electrons.